The largest absolute Gasteiger partial charge is 0.491 e. The molecule has 34 heavy (non-hydrogen) atoms. The number of ether oxygens (including phenoxy) is 1. The second-order valence-electron chi connectivity index (χ2n) is 8.75. The van der Waals surface area contributed by atoms with Crippen molar-refractivity contribution < 1.29 is 18.7 Å². The fraction of sp³-hybridized carbons (Fsp3) is 0.346. The van der Waals surface area contributed by atoms with Gasteiger partial charge in [-0.1, -0.05) is 6.07 Å². The second kappa shape index (κ2) is 10.3. The van der Waals surface area contributed by atoms with Crippen molar-refractivity contribution >= 4 is 28.8 Å². The van der Waals surface area contributed by atoms with Gasteiger partial charge in [0.05, 0.1) is 11.1 Å². The second-order valence-corrected chi connectivity index (χ2v) is 9.64. The van der Waals surface area contributed by atoms with Crippen LogP contribution in [0, 0.1) is 12.7 Å². The monoisotopic (exact) mass is 481 g/mol. The maximum Gasteiger partial charge on any atom is 0.275 e. The van der Waals surface area contributed by atoms with Crippen molar-refractivity contribution in [3.05, 3.63) is 75.5 Å². The smallest absolute Gasteiger partial charge is 0.275 e. The maximum atomic E-state index is 13.7. The number of nitrogens with zero attached hydrogens (tertiary/aromatic N) is 2. The highest BCUT2D eigenvalue weighted by molar-refractivity contribution is 7.10. The van der Waals surface area contributed by atoms with E-state index in [1.807, 2.05) is 30.9 Å². The molecule has 0 saturated carbocycles. The summed E-state index contributed by atoms with van der Waals surface area (Å²) in [4.78, 5) is 31.8. The van der Waals surface area contributed by atoms with Crippen LogP contribution in [0.5, 0.6) is 5.75 Å². The minimum Gasteiger partial charge on any atom is -0.491 e. The third-order valence-electron chi connectivity index (χ3n) is 5.79. The van der Waals surface area contributed by atoms with E-state index in [0.29, 0.717) is 35.6 Å². The summed E-state index contributed by atoms with van der Waals surface area (Å²) in [5, 5.41) is 5.32. The first kappa shape index (κ1) is 23.9. The number of hydrogen-bond acceptors (Lipinski definition) is 5. The number of hydrogen-bond donors (Lipinski definition) is 1. The normalized spacial score (nSPS) is 14.3. The lowest BCUT2D eigenvalue weighted by Gasteiger charge is -2.31. The Morgan fingerprint density at radius 1 is 1.15 bits per heavy atom. The fourth-order valence-electron chi connectivity index (χ4n) is 3.91. The number of anilines is 1. The fourth-order valence-corrected chi connectivity index (χ4v) is 4.88. The molecule has 1 aliphatic rings. The highest BCUT2D eigenvalue weighted by Crippen LogP contribution is 2.31. The molecule has 6 nitrogen and oxygen atoms in total. The van der Waals surface area contributed by atoms with Crippen LogP contribution in [-0.2, 0) is 0 Å². The molecule has 0 aliphatic carbocycles. The van der Waals surface area contributed by atoms with Crippen molar-refractivity contribution in [1.29, 1.82) is 0 Å². The van der Waals surface area contributed by atoms with Crippen LogP contribution in [0.15, 0.2) is 47.8 Å². The Kier molecular flexibility index (Phi) is 7.26. The van der Waals surface area contributed by atoms with E-state index in [4.69, 9.17) is 4.74 Å². The number of likely N-dealkylation sites (tertiary alicyclic amines) is 1. The van der Waals surface area contributed by atoms with Crippen molar-refractivity contribution in [2.24, 2.45) is 0 Å². The van der Waals surface area contributed by atoms with Gasteiger partial charge in [-0.3, -0.25) is 9.59 Å². The molecule has 0 radical (unpaired) electrons. The van der Waals surface area contributed by atoms with Crippen molar-refractivity contribution in [3.63, 3.8) is 0 Å². The molecule has 1 N–H and O–H groups in total. The van der Waals surface area contributed by atoms with Crippen molar-refractivity contribution in [1.82, 2.24) is 9.88 Å². The molecule has 1 fully saturated rings. The average Bonchev–Trinajstić information content (AvgIpc) is 3.32. The molecule has 1 aliphatic heterocycles. The lowest BCUT2D eigenvalue weighted by molar-refractivity contribution is 0.0713. The SMILES string of the molecule is Cc1ccc(NC(=O)c2csc(C3CCN(C(=O)c4ccc(OC(C)C)cc4)CC3)n2)cc1F. The lowest BCUT2D eigenvalue weighted by Crippen LogP contribution is -2.37. The number of benzene rings is 2. The Morgan fingerprint density at radius 3 is 2.50 bits per heavy atom. The van der Waals surface area contributed by atoms with E-state index < -0.39 is 0 Å². The molecule has 1 aromatic heterocycles. The third-order valence-corrected chi connectivity index (χ3v) is 6.80. The zero-order valence-corrected chi connectivity index (χ0v) is 20.3. The predicted octanol–water partition coefficient (Wildman–Crippen LogP) is 5.65. The number of aryl methyl sites for hydroxylation is 1. The van der Waals surface area contributed by atoms with E-state index in [1.165, 1.54) is 17.4 Å². The van der Waals surface area contributed by atoms with Gasteiger partial charge >= 0.3 is 0 Å². The first-order valence-electron chi connectivity index (χ1n) is 11.4. The van der Waals surface area contributed by atoms with Crippen LogP contribution < -0.4 is 10.1 Å². The van der Waals surface area contributed by atoms with Crippen molar-refractivity contribution in [3.8, 4) is 5.75 Å². The molecule has 8 heteroatoms. The van der Waals surface area contributed by atoms with Crippen molar-refractivity contribution in [2.75, 3.05) is 18.4 Å². The molecule has 178 valence electrons. The van der Waals surface area contributed by atoms with Crippen LogP contribution in [0.4, 0.5) is 10.1 Å². The zero-order valence-electron chi connectivity index (χ0n) is 19.5. The predicted molar refractivity (Wildman–Crippen MR) is 131 cm³/mol. The van der Waals surface area contributed by atoms with E-state index in [1.54, 1.807) is 36.6 Å². The minimum atomic E-state index is -0.363. The maximum absolute atomic E-state index is 13.7. The third kappa shape index (κ3) is 5.62. The van der Waals surface area contributed by atoms with E-state index in [-0.39, 0.29) is 29.7 Å². The van der Waals surface area contributed by atoms with Gasteiger partial charge in [-0.05, 0) is 75.6 Å². The Labute approximate surface area is 202 Å². The molecule has 0 atom stereocenters. The highest BCUT2D eigenvalue weighted by atomic mass is 32.1. The van der Waals surface area contributed by atoms with E-state index in [0.717, 1.165) is 23.6 Å². The Hall–Kier alpha value is -3.26. The van der Waals surface area contributed by atoms with Gasteiger partial charge in [0, 0.05) is 35.6 Å². The van der Waals surface area contributed by atoms with Crippen LogP contribution >= 0.6 is 11.3 Å². The van der Waals surface area contributed by atoms with Gasteiger partial charge in [-0.15, -0.1) is 11.3 Å². The number of carbonyl (C=O) groups excluding carboxylic acids is 2. The first-order valence-corrected chi connectivity index (χ1v) is 12.3. The first-order chi connectivity index (χ1) is 16.3. The van der Waals surface area contributed by atoms with Crippen LogP contribution in [0.3, 0.4) is 0 Å². The molecule has 2 heterocycles. The zero-order chi connectivity index (χ0) is 24.2. The Bertz CT molecular complexity index is 1170. The average molecular weight is 482 g/mol. The topological polar surface area (TPSA) is 71.5 Å². The molecular weight excluding hydrogens is 453 g/mol. The molecule has 1 saturated heterocycles. The van der Waals surface area contributed by atoms with E-state index in [9.17, 15) is 14.0 Å². The number of carbonyl (C=O) groups is 2. The Morgan fingerprint density at radius 2 is 1.85 bits per heavy atom. The molecule has 4 rings (SSSR count). The van der Waals surface area contributed by atoms with Gasteiger partial charge in [0.15, 0.2) is 0 Å². The lowest BCUT2D eigenvalue weighted by atomic mass is 9.97. The van der Waals surface area contributed by atoms with Gasteiger partial charge in [-0.2, -0.15) is 0 Å². The van der Waals surface area contributed by atoms with Crippen LogP contribution in [0.1, 0.15) is 64.0 Å². The number of halogens is 1. The molecule has 0 bridgehead atoms. The van der Waals surface area contributed by atoms with Gasteiger partial charge in [0.1, 0.15) is 17.3 Å². The summed E-state index contributed by atoms with van der Waals surface area (Å²) in [6, 6.07) is 11.9. The quantitative estimate of drug-likeness (QED) is 0.494. The summed E-state index contributed by atoms with van der Waals surface area (Å²) in [6.45, 7) is 6.87. The summed E-state index contributed by atoms with van der Waals surface area (Å²) < 4.78 is 19.4. The van der Waals surface area contributed by atoms with Gasteiger partial charge in [-0.25, -0.2) is 9.37 Å². The molecular formula is C26H28FN3O3S. The summed E-state index contributed by atoms with van der Waals surface area (Å²) in [7, 11) is 0. The Balaban J connectivity index is 1.32. The summed E-state index contributed by atoms with van der Waals surface area (Å²) in [5.74, 6) is 0.246. The van der Waals surface area contributed by atoms with Crippen LogP contribution in [0.25, 0.3) is 0 Å². The summed E-state index contributed by atoms with van der Waals surface area (Å²) in [6.07, 6.45) is 1.67. The van der Waals surface area contributed by atoms with Gasteiger partial charge in [0.25, 0.3) is 11.8 Å². The summed E-state index contributed by atoms with van der Waals surface area (Å²) in [5.41, 5.74) is 1.90. The standard InChI is InChI=1S/C26H28FN3O3S/c1-16(2)33-21-8-5-19(6-9-21)26(32)30-12-10-18(11-13-30)25-29-23(15-34-25)24(31)28-20-7-4-17(3)22(27)14-20/h4-9,14-16,18H,10-13H2,1-3H3,(H,28,31). The van der Waals surface area contributed by atoms with E-state index in [2.05, 4.69) is 10.3 Å². The number of nitrogens with one attached hydrogen (secondary N) is 1. The van der Waals surface area contributed by atoms with Crippen molar-refractivity contribution in [2.45, 2.75) is 45.6 Å². The van der Waals surface area contributed by atoms with E-state index >= 15 is 0 Å². The molecule has 2 amide bonds. The molecule has 2 aromatic carbocycles. The molecule has 0 spiro atoms. The number of piperidine rings is 1. The van der Waals surface area contributed by atoms with Crippen LogP contribution in [-0.4, -0.2) is 40.9 Å². The number of thiazole rings is 1. The molecule has 3 aromatic rings. The van der Waals surface area contributed by atoms with Gasteiger partial charge < -0.3 is 15.0 Å². The minimum absolute atomic E-state index is 0.0130. The number of aromatic nitrogens is 1. The van der Waals surface area contributed by atoms with Gasteiger partial charge in [0.2, 0.25) is 0 Å². The van der Waals surface area contributed by atoms with Crippen LogP contribution in [0.2, 0.25) is 0 Å². The molecule has 0 unspecified atom stereocenters. The highest BCUT2D eigenvalue weighted by Gasteiger charge is 2.27. The number of rotatable bonds is 6. The summed E-state index contributed by atoms with van der Waals surface area (Å²) >= 11 is 1.45. The number of amides is 2.